The summed E-state index contributed by atoms with van der Waals surface area (Å²) in [6.07, 6.45) is 4.13. The monoisotopic (exact) mass is 238 g/mol. The maximum absolute atomic E-state index is 3.45. The Balaban J connectivity index is 1.80. The van der Waals surface area contributed by atoms with Crippen molar-refractivity contribution >= 4 is 11.3 Å². The fraction of sp³-hybridized carbons (Fsp3) is 0.692. The third-order valence-corrected chi connectivity index (χ3v) is 4.34. The highest BCUT2D eigenvalue weighted by Crippen LogP contribution is 2.26. The maximum Gasteiger partial charge on any atom is 0.0239 e. The Morgan fingerprint density at radius 2 is 2.38 bits per heavy atom. The van der Waals surface area contributed by atoms with Gasteiger partial charge in [-0.05, 0) is 55.2 Å². The average molecular weight is 238 g/mol. The van der Waals surface area contributed by atoms with Crippen LogP contribution in [0.15, 0.2) is 16.8 Å². The predicted molar refractivity (Wildman–Crippen MR) is 70.8 cm³/mol. The molecule has 0 saturated heterocycles. The largest absolute Gasteiger partial charge is 0.317 e. The summed E-state index contributed by atoms with van der Waals surface area (Å²) >= 11 is 1.79. The van der Waals surface area contributed by atoms with Crippen molar-refractivity contribution in [1.82, 2.24) is 10.2 Å². The Morgan fingerprint density at radius 1 is 1.50 bits per heavy atom. The minimum absolute atomic E-state index is 0.741. The van der Waals surface area contributed by atoms with Crippen LogP contribution in [-0.4, -0.2) is 31.6 Å². The van der Waals surface area contributed by atoms with E-state index >= 15 is 0 Å². The molecule has 90 valence electrons. The molecular weight excluding hydrogens is 216 g/mol. The SMILES string of the molecule is CNC1CCCC1CN(C)Cc1ccsc1. The summed E-state index contributed by atoms with van der Waals surface area (Å²) in [6.45, 7) is 2.32. The van der Waals surface area contributed by atoms with Crippen molar-refractivity contribution in [3.05, 3.63) is 22.4 Å². The second-order valence-electron chi connectivity index (χ2n) is 4.91. The van der Waals surface area contributed by atoms with Gasteiger partial charge in [-0.15, -0.1) is 0 Å². The maximum atomic E-state index is 3.45. The van der Waals surface area contributed by atoms with Crippen molar-refractivity contribution < 1.29 is 0 Å². The minimum Gasteiger partial charge on any atom is -0.317 e. The molecule has 1 aliphatic carbocycles. The lowest BCUT2D eigenvalue weighted by molar-refractivity contribution is 0.249. The van der Waals surface area contributed by atoms with Gasteiger partial charge in [0.25, 0.3) is 0 Å². The van der Waals surface area contributed by atoms with E-state index in [4.69, 9.17) is 0 Å². The smallest absolute Gasteiger partial charge is 0.0239 e. The van der Waals surface area contributed by atoms with Crippen LogP contribution in [0.5, 0.6) is 0 Å². The summed E-state index contributed by atoms with van der Waals surface area (Å²) < 4.78 is 0. The molecule has 0 aromatic carbocycles. The van der Waals surface area contributed by atoms with Gasteiger partial charge in [-0.1, -0.05) is 6.42 Å². The molecule has 1 fully saturated rings. The van der Waals surface area contributed by atoms with Crippen LogP contribution in [0.4, 0.5) is 0 Å². The summed E-state index contributed by atoms with van der Waals surface area (Å²) in [5.41, 5.74) is 1.45. The fourth-order valence-corrected chi connectivity index (χ4v) is 3.45. The fourth-order valence-electron chi connectivity index (χ4n) is 2.79. The third kappa shape index (κ3) is 3.06. The van der Waals surface area contributed by atoms with Crippen LogP contribution in [0.25, 0.3) is 0 Å². The Labute approximate surface area is 103 Å². The molecule has 1 heterocycles. The van der Waals surface area contributed by atoms with E-state index in [-0.39, 0.29) is 0 Å². The number of nitrogens with one attached hydrogen (secondary N) is 1. The lowest BCUT2D eigenvalue weighted by atomic mass is 10.0. The zero-order chi connectivity index (χ0) is 11.4. The molecule has 2 atom stereocenters. The quantitative estimate of drug-likeness (QED) is 0.848. The highest BCUT2D eigenvalue weighted by Gasteiger charge is 2.26. The molecule has 1 aliphatic rings. The number of rotatable bonds is 5. The highest BCUT2D eigenvalue weighted by atomic mass is 32.1. The molecule has 2 unspecified atom stereocenters. The standard InChI is InChI=1S/C13H22N2S/c1-14-13-5-3-4-12(13)9-15(2)8-11-6-7-16-10-11/h6-7,10,12-14H,3-5,8-9H2,1-2H3. The molecule has 3 heteroatoms. The van der Waals surface area contributed by atoms with Crippen LogP contribution >= 0.6 is 11.3 Å². The molecule has 0 aliphatic heterocycles. The molecule has 16 heavy (non-hydrogen) atoms. The molecule has 1 saturated carbocycles. The molecule has 0 radical (unpaired) electrons. The summed E-state index contributed by atoms with van der Waals surface area (Å²) in [5, 5.41) is 7.87. The zero-order valence-corrected chi connectivity index (χ0v) is 11.1. The van der Waals surface area contributed by atoms with Gasteiger partial charge >= 0.3 is 0 Å². The van der Waals surface area contributed by atoms with Crippen molar-refractivity contribution in [3.8, 4) is 0 Å². The van der Waals surface area contributed by atoms with E-state index in [2.05, 4.69) is 41.1 Å². The molecule has 0 bridgehead atoms. The average Bonchev–Trinajstić information content (AvgIpc) is 2.88. The van der Waals surface area contributed by atoms with Gasteiger partial charge < -0.3 is 10.2 Å². The van der Waals surface area contributed by atoms with Gasteiger partial charge in [0.1, 0.15) is 0 Å². The van der Waals surface area contributed by atoms with E-state index in [0.29, 0.717) is 0 Å². The number of hydrogen-bond donors (Lipinski definition) is 1. The van der Waals surface area contributed by atoms with Crippen molar-refractivity contribution in [2.75, 3.05) is 20.6 Å². The summed E-state index contributed by atoms with van der Waals surface area (Å²) in [7, 11) is 4.34. The van der Waals surface area contributed by atoms with Crippen LogP contribution in [0.3, 0.4) is 0 Å². The topological polar surface area (TPSA) is 15.3 Å². The zero-order valence-electron chi connectivity index (χ0n) is 10.3. The Morgan fingerprint density at radius 3 is 3.06 bits per heavy atom. The van der Waals surface area contributed by atoms with Crippen LogP contribution in [-0.2, 0) is 6.54 Å². The van der Waals surface area contributed by atoms with E-state index in [0.717, 1.165) is 18.5 Å². The van der Waals surface area contributed by atoms with Gasteiger partial charge in [-0.2, -0.15) is 11.3 Å². The Hall–Kier alpha value is -0.380. The number of thiophene rings is 1. The molecule has 2 rings (SSSR count). The summed E-state index contributed by atoms with van der Waals surface area (Å²) in [4.78, 5) is 2.46. The van der Waals surface area contributed by atoms with Crippen molar-refractivity contribution in [2.45, 2.75) is 31.8 Å². The van der Waals surface area contributed by atoms with Gasteiger partial charge in [-0.25, -0.2) is 0 Å². The van der Waals surface area contributed by atoms with Gasteiger partial charge in [0.2, 0.25) is 0 Å². The van der Waals surface area contributed by atoms with Crippen LogP contribution in [0.1, 0.15) is 24.8 Å². The van der Waals surface area contributed by atoms with Crippen molar-refractivity contribution in [2.24, 2.45) is 5.92 Å². The number of hydrogen-bond acceptors (Lipinski definition) is 3. The second-order valence-corrected chi connectivity index (χ2v) is 5.69. The molecule has 1 aromatic heterocycles. The predicted octanol–water partition coefficient (Wildman–Crippen LogP) is 2.57. The van der Waals surface area contributed by atoms with Crippen molar-refractivity contribution in [1.29, 1.82) is 0 Å². The summed E-state index contributed by atoms with van der Waals surface area (Å²) in [5.74, 6) is 0.841. The van der Waals surface area contributed by atoms with Crippen LogP contribution in [0, 0.1) is 5.92 Å². The van der Waals surface area contributed by atoms with E-state index in [1.54, 1.807) is 11.3 Å². The first kappa shape index (κ1) is 12.1. The second kappa shape index (κ2) is 5.80. The minimum atomic E-state index is 0.741. The normalized spacial score (nSPS) is 25.4. The first-order valence-corrected chi connectivity index (χ1v) is 7.10. The molecular formula is C13H22N2S. The van der Waals surface area contributed by atoms with E-state index in [1.165, 1.54) is 31.4 Å². The molecule has 1 aromatic rings. The Kier molecular flexibility index (Phi) is 4.38. The summed E-state index contributed by atoms with van der Waals surface area (Å²) in [6, 6.07) is 2.97. The highest BCUT2D eigenvalue weighted by molar-refractivity contribution is 7.07. The molecule has 0 spiro atoms. The molecule has 0 amide bonds. The van der Waals surface area contributed by atoms with Gasteiger partial charge in [0.15, 0.2) is 0 Å². The molecule has 2 nitrogen and oxygen atoms in total. The van der Waals surface area contributed by atoms with Gasteiger partial charge in [-0.3, -0.25) is 0 Å². The lowest BCUT2D eigenvalue weighted by Crippen LogP contribution is -2.36. The lowest BCUT2D eigenvalue weighted by Gasteiger charge is -2.25. The van der Waals surface area contributed by atoms with Crippen LogP contribution in [0.2, 0.25) is 0 Å². The molecule has 1 N–H and O–H groups in total. The van der Waals surface area contributed by atoms with Crippen LogP contribution < -0.4 is 5.32 Å². The van der Waals surface area contributed by atoms with E-state index < -0.39 is 0 Å². The van der Waals surface area contributed by atoms with E-state index in [1.807, 2.05) is 0 Å². The number of nitrogens with zero attached hydrogens (tertiary/aromatic N) is 1. The van der Waals surface area contributed by atoms with Gasteiger partial charge in [0, 0.05) is 19.1 Å². The first-order valence-electron chi connectivity index (χ1n) is 6.16. The van der Waals surface area contributed by atoms with E-state index in [9.17, 15) is 0 Å². The first-order chi connectivity index (χ1) is 7.79. The van der Waals surface area contributed by atoms with Crippen molar-refractivity contribution in [3.63, 3.8) is 0 Å². The Bertz CT molecular complexity index is 297. The van der Waals surface area contributed by atoms with Gasteiger partial charge in [0.05, 0.1) is 0 Å². The third-order valence-electron chi connectivity index (χ3n) is 3.61.